The molecule has 0 radical (unpaired) electrons. The first-order valence-electron chi connectivity index (χ1n) is 4.29. The maximum Gasteiger partial charge on any atom is 0.240 e. The molecule has 0 rings (SSSR count). The first-order chi connectivity index (χ1) is 6.19. The molecule has 0 spiro atoms. The van der Waals surface area contributed by atoms with Gasteiger partial charge >= 0.3 is 0 Å². The largest absolute Gasteiger partial charge is 0.322 e. The van der Waals surface area contributed by atoms with E-state index >= 15 is 0 Å². The van der Waals surface area contributed by atoms with E-state index in [9.17, 15) is 4.79 Å². The summed E-state index contributed by atoms with van der Waals surface area (Å²) in [5.41, 5.74) is 5.79. The Bertz CT molecular complexity index is 240. The zero-order chi connectivity index (χ0) is 10.3. The minimum atomic E-state index is -0.163. The van der Waals surface area contributed by atoms with Gasteiger partial charge in [-0.2, -0.15) is 5.26 Å². The number of hydrogen-bond acceptors (Lipinski definition) is 3. The molecule has 13 heavy (non-hydrogen) atoms. The molecule has 0 aromatic heterocycles. The van der Waals surface area contributed by atoms with E-state index in [2.05, 4.69) is 0 Å². The highest BCUT2D eigenvalue weighted by atomic mass is 16.2. The van der Waals surface area contributed by atoms with Gasteiger partial charge in [0.25, 0.3) is 0 Å². The summed E-state index contributed by atoms with van der Waals surface area (Å²) in [6.45, 7) is 4.23. The molecule has 4 nitrogen and oxygen atoms in total. The average molecular weight is 181 g/mol. The van der Waals surface area contributed by atoms with Crippen molar-refractivity contribution in [1.29, 1.82) is 5.26 Å². The number of hydrogen-bond donors (Lipinski definition) is 1. The van der Waals surface area contributed by atoms with Crippen molar-refractivity contribution in [3.05, 3.63) is 11.8 Å². The molecule has 72 valence electrons. The SMILES string of the molecule is CCC(C#N)=CN(CC)C(=O)CN. The van der Waals surface area contributed by atoms with E-state index in [4.69, 9.17) is 11.0 Å². The molecule has 0 heterocycles. The van der Waals surface area contributed by atoms with Crippen LogP contribution in [0, 0.1) is 11.3 Å². The lowest BCUT2D eigenvalue weighted by atomic mass is 10.2. The molecule has 4 heteroatoms. The Morgan fingerprint density at radius 2 is 2.23 bits per heavy atom. The van der Waals surface area contributed by atoms with Crippen LogP contribution in [0.15, 0.2) is 11.8 Å². The van der Waals surface area contributed by atoms with Crippen molar-refractivity contribution < 1.29 is 4.79 Å². The van der Waals surface area contributed by atoms with Gasteiger partial charge in [-0.15, -0.1) is 0 Å². The minimum absolute atomic E-state index is 0.0211. The van der Waals surface area contributed by atoms with Crippen molar-refractivity contribution >= 4 is 5.91 Å². The van der Waals surface area contributed by atoms with E-state index in [1.807, 2.05) is 19.9 Å². The molecule has 0 unspecified atom stereocenters. The number of nitrogens with two attached hydrogens (primary N) is 1. The summed E-state index contributed by atoms with van der Waals surface area (Å²) in [7, 11) is 0. The highest BCUT2D eigenvalue weighted by Crippen LogP contribution is 2.01. The van der Waals surface area contributed by atoms with E-state index in [1.54, 1.807) is 6.20 Å². The second-order valence-electron chi connectivity index (χ2n) is 2.50. The summed E-state index contributed by atoms with van der Waals surface area (Å²) in [5.74, 6) is -0.163. The van der Waals surface area contributed by atoms with Gasteiger partial charge in [-0.05, 0) is 13.3 Å². The molecule has 0 aromatic rings. The number of rotatable bonds is 4. The van der Waals surface area contributed by atoms with E-state index < -0.39 is 0 Å². The van der Waals surface area contributed by atoms with Crippen LogP contribution in [0.4, 0.5) is 0 Å². The Labute approximate surface area is 78.6 Å². The van der Waals surface area contributed by atoms with Crippen molar-refractivity contribution in [3.8, 4) is 6.07 Å². The molecule has 0 atom stereocenters. The monoisotopic (exact) mass is 181 g/mol. The minimum Gasteiger partial charge on any atom is -0.322 e. The Kier molecular flexibility index (Phi) is 5.57. The lowest BCUT2D eigenvalue weighted by molar-refractivity contribution is -0.126. The molecular formula is C9H15N3O. The van der Waals surface area contributed by atoms with Crippen molar-refractivity contribution in [3.63, 3.8) is 0 Å². The Balaban J connectivity index is 4.52. The molecule has 0 saturated carbocycles. The van der Waals surface area contributed by atoms with Gasteiger partial charge in [0.2, 0.25) is 5.91 Å². The van der Waals surface area contributed by atoms with Crippen LogP contribution >= 0.6 is 0 Å². The van der Waals surface area contributed by atoms with Gasteiger partial charge < -0.3 is 10.6 Å². The average Bonchev–Trinajstić information content (AvgIpc) is 2.19. The molecular weight excluding hydrogens is 166 g/mol. The fourth-order valence-corrected chi connectivity index (χ4v) is 0.844. The highest BCUT2D eigenvalue weighted by molar-refractivity contribution is 5.79. The molecule has 0 bridgehead atoms. The molecule has 0 aliphatic heterocycles. The summed E-state index contributed by atoms with van der Waals surface area (Å²) in [5, 5.41) is 8.64. The zero-order valence-electron chi connectivity index (χ0n) is 8.08. The highest BCUT2D eigenvalue weighted by Gasteiger charge is 2.06. The maximum absolute atomic E-state index is 11.2. The van der Waals surface area contributed by atoms with Crippen LogP contribution < -0.4 is 5.73 Å². The number of carbonyl (C=O) groups excluding carboxylic acids is 1. The maximum atomic E-state index is 11.2. The first-order valence-corrected chi connectivity index (χ1v) is 4.29. The van der Waals surface area contributed by atoms with Gasteiger partial charge in [0.1, 0.15) is 0 Å². The fourth-order valence-electron chi connectivity index (χ4n) is 0.844. The molecule has 1 amide bonds. The molecule has 0 aliphatic rings. The Morgan fingerprint density at radius 1 is 1.62 bits per heavy atom. The van der Waals surface area contributed by atoms with Crippen LogP contribution in [0.5, 0.6) is 0 Å². The van der Waals surface area contributed by atoms with Gasteiger partial charge in [0.05, 0.1) is 12.6 Å². The Morgan fingerprint density at radius 3 is 2.54 bits per heavy atom. The van der Waals surface area contributed by atoms with Crippen LogP contribution in [0.3, 0.4) is 0 Å². The topological polar surface area (TPSA) is 70.1 Å². The summed E-state index contributed by atoms with van der Waals surface area (Å²) in [4.78, 5) is 12.6. The summed E-state index contributed by atoms with van der Waals surface area (Å²) in [6.07, 6.45) is 2.19. The van der Waals surface area contributed by atoms with E-state index in [0.29, 0.717) is 18.5 Å². The quantitative estimate of drug-likeness (QED) is 0.646. The van der Waals surface area contributed by atoms with Gasteiger partial charge in [-0.1, -0.05) is 6.92 Å². The molecule has 0 saturated heterocycles. The second-order valence-corrected chi connectivity index (χ2v) is 2.50. The number of carbonyl (C=O) groups is 1. The van der Waals surface area contributed by atoms with Gasteiger partial charge in [-0.25, -0.2) is 0 Å². The van der Waals surface area contributed by atoms with E-state index in [-0.39, 0.29) is 12.5 Å². The van der Waals surface area contributed by atoms with E-state index in [0.717, 1.165) is 0 Å². The second kappa shape index (κ2) is 6.21. The van der Waals surface area contributed by atoms with Gasteiger partial charge in [0, 0.05) is 18.3 Å². The Hall–Kier alpha value is -1.34. The standard InChI is InChI=1S/C9H15N3O/c1-3-8(5-10)7-12(4-2)9(13)6-11/h7H,3-4,6,11H2,1-2H3. The van der Waals surface area contributed by atoms with Gasteiger partial charge in [0.15, 0.2) is 0 Å². The smallest absolute Gasteiger partial charge is 0.240 e. The molecule has 0 aliphatic carbocycles. The van der Waals surface area contributed by atoms with Gasteiger partial charge in [-0.3, -0.25) is 4.79 Å². The number of amides is 1. The van der Waals surface area contributed by atoms with Crippen molar-refractivity contribution in [2.45, 2.75) is 20.3 Å². The number of nitriles is 1. The third-order valence-electron chi connectivity index (χ3n) is 1.67. The predicted octanol–water partition coefficient (Wildman–Crippen LogP) is 0.611. The molecule has 0 aromatic carbocycles. The van der Waals surface area contributed by atoms with Crippen LogP contribution in [-0.2, 0) is 4.79 Å². The number of likely N-dealkylation sites (N-methyl/N-ethyl adjacent to an activating group) is 1. The summed E-state index contributed by atoms with van der Waals surface area (Å²) < 4.78 is 0. The summed E-state index contributed by atoms with van der Waals surface area (Å²) >= 11 is 0. The van der Waals surface area contributed by atoms with Crippen molar-refractivity contribution in [2.24, 2.45) is 5.73 Å². The third kappa shape index (κ3) is 3.72. The third-order valence-corrected chi connectivity index (χ3v) is 1.67. The number of allylic oxidation sites excluding steroid dienone is 1. The van der Waals surface area contributed by atoms with Crippen molar-refractivity contribution in [1.82, 2.24) is 4.90 Å². The van der Waals surface area contributed by atoms with Crippen LogP contribution in [0.25, 0.3) is 0 Å². The predicted molar refractivity (Wildman–Crippen MR) is 50.4 cm³/mol. The van der Waals surface area contributed by atoms with Crippen LogP contribution in [-0.4, -0.2) is 23.9 Å². The lowest BCUT2D eigenvalue weighted by Crippen LogP contribution is -2.31. The zero-order valence-corrected chi connectivity index (χ0v) is 8.08. The molecule has 0 fully saturated rings. The van der Waals surface area contributed by atoms with Crippen molar-refractivity contribution in [2.75, 3.05) is 13.1 Å². The fraction of sp³-hybridized carbons (Fsp3) is 0.556. The van der Waals surface area contributed by atoms with Crippen LogP contribution in [0.1, 0.15) is 20.3 Å². The molecule has 2 N–H and O–H groups in total. The first kappa shape index (κ1) is 11.7. The number of nitrogens with zero attached hydrogens (tertiary/aromatic N) is 2. The van der Waals surface area contributed by atoms with Crippen LogP contribution in [0.2, 0.25) is 0 Å². The summed E-state index contributed by atoms with van der Waals surface area (Å²) in [6, 6.07) is 2.02. The lowest BCUT2D eigenvalue weighted by Gasteiger charge is -2.15. The normalized spacial score (nSPS) is 10.8. The van der Waals surface area contributed by atoms with E-state index in [1.165, 1.54) is 4.90 Å².